The quantitative estimate of drug-likeness (QED) is 0.517. The van der Waals surface area contributed by atoms with E-state index >= 15 is 0 Å². The average Bonchev–Trinajstić information content (AvgIpc) is 3.24. The number of hydrogen-bond acceptors (Lipinski definition) is 3. The van der Waals surface area contributed by atoms with Gasteiger partial charge in [0.25, 0.3) is 5.82 Å². The lowest BCUT2D eigenvalue weighted by Gasteiger charge is -2.29. The zero-order valence-electron chi connectivity index (χ0n) is 14.2. The molecule has 1 aliphatic rings. The van der Waals surface area contributed by atoms with Gasteiger partial charge in [0.1, 0.15) is 5.82 Å². The van der Waals surface area contributed by atoms with Crippen molar-refractivity contribution in [1.82, 2.24) is 18.9 Å². The molecule has 1 fully saturated rings. The molecule has 4 heterocycles. The summed E-state index contributed by atoms with van der Waals surface area (Å²) in [6.07, 6.45) is 5.26. The minimum atomic E-state index is -0.284. The Balaban J connectivity index is 1.73. The summed E-state index contributed by atoms with van der Waals surface area (Å²) in [6, 6.07) is 10.4. The zero-order valence-corrected chi connectivity index (χ0v) is 14.2. The molecule has 0 amide bonds. The number of benzene rings is 1. The average molecular weight is 359 g/mol. The number of rotatable bonds is 3. The summed E-state index contributed by atoms with van der Waals surface area (Å²) in [4.78, 5) is 12.4. The van der Waals surface area contributed by atoms with Gasteiger partial charge in [0.2, 0.25) is 5.65 Å². The number of halogens is 1. The summed E-state index contributed by atoms with van der Waals surface area (Å²) < 4.78 is 22.6. The molecule has 0 radical (unpaired) electrons. The molecule has 27 heavy (non-hydrogen) atoms. The fraction of sp³-hybridized carbons (Fsp3) is 0.150. The SMILES string of the molecule is [C-]#[N+]c1cnc2ccc(-c3c(-c4ccc(F)cc4)ncn3C3COC3)cn12. The predicted molar refractivity (Wildman–Crippen MR) is 97.9 cm³/mol. The zero-order chi connectivity index (χ0) is 18.4. The van der Waals surface area contributed by atoms with Gasteiger partial charge in [-0.2, -0.15) is 0 Å². The second kappa shape index (κ2) is 6.04. The summed E-state index contributed by atoms with van der Waals surface area (Å²) in [5.41, 5.74) is 4.15. The normalized spacial score (nSPS) is 14.2. The minimum absolute atomic E-state index is 0.209. The van der Waals surface area contributed by atoms with Gasteiger partial charge < -0.3 is 14.1 Å². The van der Waals surface area contributed by atoms with E-state index in [1.807, 2.05) is 18.3 Å². The van der Waals surface area contributed by atoms with Crippen LogP contribution >= 0.6 is 0 Å². The summed E-state index contributed by atoms with van der Waals surface area (Å²) in [5.74, 6) is 0.168. The molecule has 132 valence electrons. The monoisotopic (exact) mass is 359 g/mol. The summed E-state index contributed by atoms with van der Waals surface area (Å²) in [5, 5.41) is 0. The fourth-order valence-corrected chi connectivity index (χ4v) is 3.32. The van der Waals surface area contributed by atoms with Crippen molar-refractivity contribution in [1.29, 1.82) is 0 Å². The highest BCUT2D eigenvalue weighted by atomic mass is 19.1. The second-order valence-electron chi connectivity index (χ2n) is 6.42. The lowest BCUT2D eigenvalue weighted by Crippen LogP contribution is -2.30. The summed E-state index contributed by atoms with van der Waals surface area (Å²) >= 11 is 0. The first kappa shape index (κ1) is 15.7. The van der Waals surface area contributed by atoms with Crippen molar-refractivity contribution in [3.8, 4) is 22.5 Å². The van der Waals surface area contributed by atoms with Crippen LogP contribution < -0.4 is 0 Å². The Kier molecular flexibility index (Phi) is 3.52. The van der Waals surface area contributed by atoms with Crippen molar-refractivity contribution in [3.05, 3.63) is 72.4 Å². The molecule has 0 spiro atoms. The van der Waals surface area contributed by atoms with Gasteiger partial charge in [-0.25, -0.2) is 18.8 Å². The van der Waals surface area contributed by atoms with Crippen molar-refractivity contribution in [2.45, 2.75) is 6.04 Å². The molecule has 1 saturated heterocycles. The van der Waals surface area contributed by atoms with Gasteiger partial charge in [-0.3, -0.25) is 0 Å². The Hall–Kier alpha value is -3.50. The Labute approximate surface area is 154 Å². The van der Waals surface area contributed by atoms with E-state index in [1.165, 1.54) is 12.1 Å². The molecule has 0 aliphatic carbocycles. The predicted octanol–water partition coefficient (Wildman–Crippen LogP) is 4.13. The van der Waals surface area contributed by atoms with Crippen LogP contribution in [0.3, 0.4) is 0 Å². The van der Waals surface area contributed by atoms with Crippen molar-refractivity contribution >= 4 is 11.5 Å². The van der Waals surface area contributed by atoms with Crippen LogP contribution in [-0.4, -0.2) is 32.1 Å². The highest BCUT2D eigenvalue weighted by molar-refractivity contribution is 5.79. The van der Waals surface area contributed by atoms with Crippen LogP contribution in [0.15, 0.2) is 55.1 Å². The molecule has 1 aromatic carbocycles. The highest BCUT2D eigenvalue weighted by Crippen LogP contribution is 2.35. The van der Waals surface area contributed by atoms with Gasteiger partial charge in [-0.1, -0.05) is 6.57 Å². The van der Waals surface area contributed by atoms with Gasteiger partial charge in [-0.15, -0.1) is 0 Å². The number of imidazole rings is 2. The molecule has 7 heteroatoms. The maximum absolute atomic E-state index is 13.4. The molecule has 1 aliphatic heterocycles. The van der Waals surface area contributed by atoms with Gasteiger partial charge in [-0.05, 0) is 30.3 Å². The first-order chi connectivity index (χ1) is 13.2. The molecule has 6 nitrogen and oxygen atoms in total. The first-order valence-corrected chi connectivity index (χ1v) is 8.50. The number of pyridine rings is 1. The van der Waals surface area contributed by atoms with E-state index in [1.54, 1.807) is 29.1 Å². The van der Waals surface area contributed by atoms with E-state index in [0.29, 0.717) is 24.7 Å². The Morgan fingerprint density at radius 3 is 2.56 bits per heavy atom. The van der Waals surface area contributed by atoms with Crippen LogP contribution in [0.25, 0.3) is 33.0 Å². The van der Waals surface area contributed by atoms with Crippen LogP contribution in [0, 0.1) is 12.4 Å². The number of fused-ring (bicyclic) bond motifs is 1. The number of hydrogen-bond donors (Lipinski definition) is 0. The largest absolute Gasteiger partial charge is 0.377 e. The maximum atomic E-state index is 13.4. The standard InChI is InChI=1S/C20H14FN5O/c1-22-18-8-23-17-7-4-14(9-25(17)18)20-19(13-2-5-15(21)6-3-13)24-12-26(20)16-10-27-11-16/h2-9,12,16H,10-11H2. The van der Waals surface area contributed by atoms with Gasteiger partial charge in [0, 0.05) is 17.2 Å². The Morgan fingerprint density at radius 2 is 1.85 bits per heavy atom. The smallest absolute Gasteiger partial charge is 0.254 e. The minimum Gasteiger partial charge on any atom is -0.377 e. The fourth-order valence-electron chi connectivity index (χ4n) is 3.32. The number of aromatic nitrogens is 4. The van der Waals surface area contributed by atoms with Gasteiger partial charge >= 0.3 is 0 Å². The van der Waals surface area contributed by atoms with E-state index in [2.05, 4.69) is 19.4 Å². The summed E-state index contributed by atoms with van der Waals surface area (Å²) in [7, 11) is 0. The number of ether oxygens (including phenoxy) is 1. The van der Waals surface area contributed by atoms with Crippen molar-refractivity contribution in [3.63, 3.8) is 0 Å². The third-order valence-corrected chi connectivity index (χ3v) is 4.80. The molecular weight excluding hydrogens is 345 g/mol. The van der Waals surface area contributed by atoms with E-state index in [4.69, 9.17) is 11.3 Å². The second-order valence-corrected chi connectivity index (χ2v) is 6.42. The van der Waals surface area contributed by atoms with Crippen LogP contribution in [0.1, 0.15) is 6.04 Å². The topological polar surface area (TPSA) is 48.7 Å². The lowest BCUT2D eigenvalue weighted by molar-refractivity contribution is -0.0226. The molecule has 0 N–H and O–H groups in total. The third-order valence-electron chi connectivity index (χ3n) is 4.80. The van der Waals surface area contributed by atoms with Crippen molar-refractivity contribution in [2.75, 3.05) is 13.2 Å². The molecule has 0 bridgehead atoms. The first-order valence-electron chi connectivity index (χ1n) is 8.50. The lowest BCUT2D eigenvalue weighted by atomic mass is 10.0. The Morgan fingerprint density at radius 1 is 1.07 bits per heavy atom. The number of nitrogens with zero attached hydrogens (tertiary/aromatic N) is 5. The molecule has 0 saturated carbocycles. The van der Waals surface area contributed by atoms with Gasteiger partial charge in [0.15, 0.2) is 0 Å². The maximum Gasteiger partial charge on any atom is 0.254 e. The van der Waals surface area contributed by atoms with Crippen molar-refractivity contribution in [2.24, 2.45) is 0 Å². The van der Waals surface area contributed by atoms with Crippen LogP contribution in [0.5, 0.6) is 0 Å². The third kappa shape index (κ3) is 2.50. The molecule has 4 aromatic rings. The Bertz CT molecular complexity index is 1180. The summed E-state index contributed by atoms with van der Waals surface area (Å²) in [6.45, 7) is 8.59. The van der Waals surface area contributed by atoms with E-state index in [0.717, 1.165) is 22.5 Å². The van der Waals surface area contributed by atoms with E-state index in [9.17, 15) is 4.39 Å². The van der Waals surface area contributed by atoms with Crippen molar-refractivity contribution < 1.29 is 9.13 Å². The van der Waals surface area contributed by atoms with E-state index < -0.39 is 0 Å². The molecule has 0 unspecified atom stereocenters. The van der Waals surface area contributed by atoms with Crippen LogP contribution in [0.2, 0.25) is 0 Å². The van der Waals surface area contributed by atoms with Crippen LogP contribution in [-0.2, 0) is 4.74 Å². The molecule has 3 aromatic heterocycles. The molecule has 5 rings (SSSR count). The molecular formula is C20H14FN5O. The molecule has 0 atom stereocenters. The van der Waals surface area contributed by atoms with Gasteiger partial charge in [0.05, 0.1) is 49.4 Å². The van der Waals surface area contributed by atoms with E-state index in [-0.39, 0.29) is 11.9 Å². The highest BCUT2D eigenvalue weighted by Gasteiger charge is 2.26. The van der Waals surface area contributed by atoms with Crippen LogP contribution in [0.4, 0.5) is 10.2 Å².